The van der Waals surface area contributed by atoms with Crippen LogP contribution in [0.25, 0.3) is 22.3 Å². The maximum absolute atomic E-state index is 12.2. The summed E-state index contributed by atoms with van der Waals surface area (Å²) < 4.78 is 12.8. The topological polar surface area (TPSA) is 138 Å². The Labute approximate surface area is 235 Å². The van der Waals surface area contributed by atoms with Gasteiger partial charge in [-0.15, -0.1) is 0 Å². The molecule has 3 aromatic heterocycles. The first-order valence-corrected chi connectivity index (χ1v) is 12.7. The Bertz CT molecular complexity index is 1720. The van der Waals surface area contributed by atoms with Crippen molar-refractivity contribution in [3.63, 3.8) is 0 Å². The fourth-order valence-corrected chi connectivity index (χ4v) is 4.44. The van der Waals surface area contributed by atoms with Crippen molar-refractivity contribution >= 4 is 40.0 Å². The molecule has 3 heterocycles. The lowest BCUT2D eigenvalue weighted by Gasteiger charge is -2.21. The van der Waals surface area contributed by atoms with Gasteiger partial charge in [0.15, 0.2) is 0 Å². The van der Waals surface area contributed by atoms with E-state index in [9.17, 15) is 14.9 Å². The van der Waals surface area contributed by atoms with Crippen molar-refractivity contribution in [3.05, 3.63) is 94.9 Å². The molecule has 208 valence electrons. The van der Waals surface area contributed by atoms with Gasteiger partial charge in [0.1, 0.15) is 23.7 Å². The van der Waals surface area contributed by atoms with Gasteiger partial charge in [-0.25, -0.2) is 19.7 Å². The van der Waals surface area contributed by atoms with Crippen LogP contribution in [0.1, 0.15) is 10.4 Å². The Kier molecular flexibility index (Phi) is 7.72. The van der Waals surface area contributed by atoms with Crippen LogP contribution in [0, 0.1) is 10.1 Å². The van der Waals surface area contributed by atoms with Crippen LogP contribution in [0.5, 0.6) is 5.75 Å². The molecule has 12 heteroatoms. The fourth-order valence-electron chi connectivity index (χ4n) is 4.44. The number of aryl methyl sites for hydroxylation is 1. The number of nitrogens with one attached hydrogen (secondary N) is 1. The molecule has 0 amide bonds. The van der Waals surface area contributed by atoms with Crippen LogP contribution >= 0.6 is 0 Å². The Hall–Kier alpha value is -5.52. The van der Waals surface area contributed by atoms with Crippen LogP contribution in [-0.4, -0.2) is 57.7 Å². The third-order valence-corrected chi connectivity index (χ3v) is 6.49. The maximum atomic E-state index is 12.2. The van der Waals surface area contributed by atoms with Crippen LogP contribution < -0.4 is 15.0 Å². The number of benzene rings is 2. The highest BCUT2D eigenvalue weighted by molar-refractivity contribution is 5.93. The van der Waals surface area contributed by atoms with E-state index in [1.54, 1.807) is 66.8 Å². The van der Waals surface area contributed by atoms with Crippen LogP contribution in [0.15, 0.2) is 79.3 Å². The van der Waals surface area contributed by atoms with E-state index in [4.69, 9.17) is 9.47 Å². The minimum Gasteiger partial charge on any atom is -0.494 e. The van der Waals surface area contributed by atoms with Crippen LogP contribution in [0.4, 0.5) is 23.0 Å². The Balaban J connectivity index is 1.37. The number of fused-ring (bicyclic) bond motifs is 1. The summed E-state index contributed by atoms with van der Waals surface area (Å²) in [5.41, 5.74) is 3.25. The molecular formula is C29H27N7O5. The van der Waals surface area contributed by atoms with Crippen LogP contribution in [-0.2, 0) is 11.8 Å². The number of carbonyl (C=O) groups is 1. The van der Waals surface area contributed by atoms with Crippen molar-refractivity contribution in [3.8, 4) is 17.0 Å². The average molecular weight is 554 g/mol. The molecule has 0 spiro atoms. The van der Waals surface area contributed by atoms with Gasteiger partial charge in [-0.2, -0.15) is 0 Å². The fraction of sp³-hybridized carbons (Fsp3) is 0.172. The van der Waals surface area contributed by atoms with Crippen molar-refractivity contribution in [2.75, 3.05) is 37.5 Å². The number of nitrogens with zero attached hydrogens (tertiary/aromatic N) is 6. The Morgan fingerprint density at radius 2 is 1.90 bits per heavy atom. The Morgan fingerprint density at radius 3 is 2.66 bits per heavy atom. The minimum absolute atomic E-state index is 0.0357. The van der Waals surface area contributed by atoms with E-state index in [0.29, 0.717) is 28.4 Å². The van der Waals surface area contributed by atoms with E-state index in [2.05, 4.69) is 20.3 Å². The number of nitro benzene ring substituents is 1. The molecule has 0 bridgehead atoms. The molecule has 0 aliphatic heterocycles. The Morgan fingerprint density at radius 1 is 1.10 bits per heavy atom. The first kappa shape index (κ1) is 27.1. The summed E-state index contributed by atoms with van der Waals surface area (Å²) in [6.45, 7) is 0.258. The second-order valence-corrected chi connectivity index (χ2v) is 9.14. The molecule has 0 saturated heterocycles. The van der Waals surface area contributed by atoms with Gasteiger partial charge in [-0.3, -0.25) is 10.1 Å². The smallest absolute Gasteiger partial charge is 0.338 e. The largest absolute Gasteiger partial charge is 0.494 e. The zero-order valence-electron chi connectivity index (χ0n) is 22.6. The third kappa shape index (κ3) is 5.76. The minimum atomic E-state index is -0.479. The second kappa shape index (κ2) is 11.7. The number of nitro groups is 1. The van der Waals surface area contributed by atoms with Gasteiger partial charge in [0.05, 0.1) is 35.5 Å². The van der Waals surface area contributed by atoms with E-state index in [1.165, 1.54) is 13.2 Å². The van der Waals surface area contributed by atoms with Crippen LogP contribution in [0.2, 0.25) is 0 Å². The van der Waals surface area contributed by atoms with E-state index < -0.39 is 10.9 Å². The van der Waals surface area contributed by atoms with E-state index in [-0.39, 0.29) is 24.8 Å². The van der Waals surface area contributed by atoms with E-state index >= 15 is 0 Å². The summed E-state index contributed by atoms with van der Waals surface area (Å²) in [7, 11) is 5.06. The summed E-state index contributed by atoms with van der Waals surface area (Å²) >= 11 is 0. The van der Waals surface area contributed by atoms with Gasteiger partial charge in [-0.1, -0.05) is 18.2 Å². The number of ether oxygens (including phenoxy) is 2. The molecule has 1 N–H and O–H groups in total. The highest BCUT2D eigenvalue weighted by Crippen LogP contribution is 2.39. The SMILES string of the molecule is COc1cc(N(C)CCOC(=O)c2ccccc2)c([N+](=O)[O-])cc1Nc1nccc(-c2cn(C)c3ncccc23)n1. The molecule has 41 heavy (non-hydrogen) atoms. The molecule has 5 aromatic rings. The van der Waals surface area contributed by atoms with Gasteiger partial charge < -0.3 is 24.3 Å². The highest BCUT2D eigenvalue weighted by Gasteiger charge is 2.23. The molecule has 0 saturated carbocycles. The molecule has 0 radical (unpaired) electrons. The zero-order valence-corrected chi connectivity index (χ0v) is 22.6. The van der Waals surface area contributed by atoms with Gasteiger partial charge in [0.25, 0.3) is 5.69 Å². The normalized spacial score (nSPS) is 10.8. The molecule has 0 unspecified atom stereocenters. The number of esters is 1. The van der Waals surface area contributed by atoms with E-state index in [1.807, 2.05) is 29.9 Å². The average Bonchev–Trinajstić information content (AvgIpc) is 3.33. The number of carbonyl (C=O) groups excluding carboxylic acids is 1. The molecule has 0 atom stereocenters. The summed E-state index contributed by atoms with van der Waals surface area (Å²) in [5, 5.41) is 16.1. The van der Waals surface area contributed by atoms with Gasteiger partial charge in [-0.05, 0) is 30.3 Å². The molecule has 0 fully saturated rings. The number of rotatable bonds is 10. The summed E-state index contributed by atoms with van der Waals surface area (Å²) in [5.74, 6) is 0.125. The first-order valence-electron chi connectivity index (χ1n) is 12.7. The number of pyridine rings is 1. The molecule has 5 rings (SSSR count). The lowest BCUT2D eigenvalue weighted by Crippen LogP contribution is -2.24. The van der Waals surface area contributed by atoms with Gasteiger partial charge in [0, 0.05) is 55.8 Å². The van der Waals surface area contributed by atoms with Gasteiger partial charge >= 0.3 is 5.97 Å². The zero-order chi connectivity index (χ0) is 28.9. The standard InChI is InChI=1S/C29H27N7O5/c1-34(14-15-41-28(37)19-8-5-4-6-9-19)24-17-26(40-3)23(16-25(24)36(38)39)33-29-31-13-11-22(32-29)21-18-35(2)27-20(21)10-7-12-30-27/h4-13,16-18H,14-15H2,1-3H3,(H,31,32,33). The van der Waals surface area contributed by atoms with Crippen molar-refractivity contribution < 1.29 is 19.2 Å². The predicted octanol–water partition coefficient (Wildman–Crippen LogP) is 4.98. The molecule has 0 aliphatic carbocycles. The summed E-state index contributed by atoms with van der Waals surface area (Å²) in [6, 6.07) is 17.2. The monoisotopic (exact) mass is 553 g/mol. The first-order chi connectivity index (χ1) is 19.9. The number of likely N-dealkylation sites (N-methyl/N-ethyl adjacent to an activating group) is 1. The third-order valence-electron chi connectivity index (χ3n) is 6.49. The van der Waals surface area contributed by atoms with Crippen molar-refractivity contribution in [1.29, 1.82) is 0 Å². The van der Waals surface area contributed by atoms with Gasteiger partial charge in [0.2, 0.25) is 5.95 Å². The molecule has 12 nitrogen and oxygen atoms in total. The second-order valence-electron chi connectivity index (χ2n) is 9.14. The summed E-state index contributed by atoms with van der Waals surface area (Å²) in [4.78, 5) is 38.8. The highest BCUT2D eigenvalue weighted by atomic mass is 16.6. The molecule has 2 aromatic carbocycles. The quantitative estimate of drug-likeness (QED) is 0.143. The number of hydrogen-bond acceptors (Lipinski definition) is 10. The predicted molar refractivity (Wildman–Crippen MR) is 155 cm³/mol. The lowest BCUT2D eigenvalue weighted by molar-refractivity contribution is -0.384. The number of anilines is 3. The lowest BCUT2D eigenvalue weighted by atomic mass is 10.1. The molecule has 0 aliphatic rings. The van der Waals surface area contributed by atoms with Crippen LogP contribution in [0.3, 0.4) is 0 Å². The number of aromatic nitrogens is 4. The van der Waals surface area contributed by atoms with Crippen molar-refractivity contribution in [2.45, 2.75) is 0 Å². The number of methoxy groups -OCH3 is 1. The van der Waals surface area contributed by atoms with Crippen molar-refractivity contribution in [2.24, 2.45) is 7.05 Å². The van der Waals surface area contributed by atoms with Crippen molar-refractivity contribution in [1.82, 2.24) is 19.5 Å². The molecular weight excluding hydrogens is 526 g/mol. The number of hydrogen-bond donors (Lipinski definition) is 1. The summed E-state index contributed by atoms with van der Waals surface area (Å²) in [6.07, 6.45) is 5.28. The maximum Gasteiger partial charge on any atom is 0.338 e. The van der Waals surface area contributed by atoms with E-state index in [0.717, 1.165) is 16.6 Å².